The van der Waals surface area contributed by atoms with Crippen LogP contribution in [0, 0.1) is 12.8 Å². The Morgan fingerprint density at radius 3 is 2.24 bits per heavy atom. The number of hydrogen-bond acceptors (Lipinski definition) is 7. The highest BCUT2D eigenvalue weighted by molar-refractivity contribution is 6.00. The Kier molecular flexibility index (Phi) is 9.82. The van der Waals surface area contributed by atoms with E-state index in [2.05, 4.69) is 15.5 Å². The molecule has 1 aliphatic rings. The monoisotopic (exact) mass is 607 g/mol. The van der Waals surface area contributed by atoms with Crippen LogP contribution in [0.25, 0.3) is 0 Å². The van der Waals surface area contributed by atoms with Crippen LogP contribution in [0.15, 0.2) is 89.3 Å². The number of rotatable bonds is 12. The normalized spacial score (nSPS) is 15.8. The zero-order valence-electron chi connectivity index (χ0n) is 25.7. The summed E-state index contributed by atoms with van der Waals surface area (Å²) >= 11 is 0. The molecule has 0 aliphatic carbocycles. The van der Waals surface area contributed by atoms with Crippen molar-refractivity contribution in [1.29, 1.82) is 0 Å². The zero-order valence-corrected chi connectivity index (χ0v) is 25.7. The molecule has 2 heterocycles. The second-order valence-electron chi connectivity index (χ2n) is 11.7. The molecule has 1 aromatic heterocycles. The number of carbonyl (C=O) groups is 4. The Morgan fingerprint density at radius 1 is 0.911 bits per heavy atom. The van der Waals surface area contributed by atoms with Crippen molar-refractivity contribution in [1.82, 2.24) is 25.3 Å². The maximum absolute atomic E-state index is 13.8. The van der Waals surface area contributed by atoms with Crippen molar-refractivity contribution >= 4 is 23.5 Å². The molecular weight excluding hydrogens is 570 g/mol. The number of carbonyl (C=O) groups excluding carboxylic acids is 4. The van der Waals surface area contributed by atoms with Gasteiger partial charge < -0.3 is 19.5 Å². The topological polar surface area (TPSA) is 126 Å². The summed E-state index contributed by atoms with van der Waals surface area (Å²) < 4.78 is 5.69. The molecule has 0 radical (unpaired) electrons. The van der Waals surface area contributed by atoms with Gasteiger partial charge in [-0.15, -0.1) is 10.2 Å². The highest BCUT2D eigenvalue weighted by Gasteiger charge is 2.41. The summed E-state index contributed by atoms with van der Waals surface area (Å²) in [7, 11) is 0. The molecule has 10 heteroatoms. The fourth-order valence-corrected chi connectivity index (χ4v) is 5.48. The molecule has 2 unspecified atom stereocenters. The molecule has 2 atom stereocenters. The minimum atomic E-state index is -0.970. The number of piperazine rings is 1. The molecule has 5 rings (SSSR count). The zero-order chi connectivity index (χ0) is 31.9. The number of aromatic nitrogens is 2. The van der Waals surface area contributed by atoms with Gasteiger partial charge in [0.25, 0.3) is 5.89 Å². The van der Waals surface area contributed by atoms with Gasteiger partial charge in [-0.05, 0) is 29.5 Å². The highest BCUT2D eigenvalue weighted by Crippen LogP contribution is 2.20. The fourth-order valence-electron chi connectivity index (χ4n) is 5.48. The summed E-state index contributed by atoms with van der Waals surface area (Å²) in [5, 5.41) is 10.8. The first-order valence-electron chi connectivity index (χ1n) is 15.1. The van der Waals surface area contributed by atoms with Crippen LogP contribution in [-0.2, 0) is 33.8 Å². The lowest BCUT2D eigenvalue weighted by Gasteiger charge is -2.40. The van der Waals surface area contributed by atoms with Crippen molar-refractivity contribution in [3.63, 3.8) is 0 Å². The second kappa shape index (κ2) is 14.1. The molecule has 1 saturated heterocycles. The van der Waals surface area contributed by atoms with Crippen LogP contribution in [0.1, 0.15) is 52.7 Å². The summed E-state index contributed by atoms with van der Waals surface area (Å²) in [6.45, 7) is 5.34. The average molecular weight is 608 g/mol. The van der Waals surface area contributed by atoms with Gasteiger partial charge in [-0.2, -0.15) is 0 Å². The van der Waals surface area contributed by atoms with Gasteiger partial charge in [-0.1, -0.05) is 104 Å². The standard InChI is InChI=1S/C35H37N5O5/c1-23(2)32(33(43)34-38-37-30(45-34)19-27-16-10-11-24(3)17-27)36-29(41)21-40-28(18-25-12-6-4-7-13-25)35(44)39(22-31(40)42)20-26-14-8-5-9-15-26/h4-17,23,28,32H,18-22H2,1-3H3,(H,36,41). The van der Waals surface area contributed by atoms with Gasteiger partial charge >= 0.3 is 0 Å². The Hall–Kier alpha value is -5.12. The van der Waals surface area contributed by atoms with Crippen molar-refractivity contribution in [3.05, 3.63) is 119 Å². The molecule has 0 bridgehead atoms. The summed E-state index contributed by atoms with van der Waals surface area (Å²) in [5.41, 5.74) is 3.84. The molecule has 0 spiro atoms. The number of nitrogens with one attached hydrogen (secondary N) is 1. The van der Waals surface area contributed by atoms with E-state index < -0.39 is 23.8 Å². The number of hydrogen-bond donors (Lipinski definition) is 1. The van der Waals surface area contributed by atoms with Gasteiger partial charge in [0, 0.05) is 13.0 Å². The van der Waals surface area contributed by atoms with Crippen LogP contribution in [0.3, 0.4) is 0 Å². The Morgan fingerprint density at radius 2 is 1.58 bits per heavy atom. The fraction of sp³-hybridized carbons (Fsp3) is 0.314. The molecule has 3 amide bonds. The quantitative estimate of drug-likeness (QED) is 0.243. The molecule has 3 aromatic carbocycles. The van der Waals surface area contributed by atoms with E-state index >= 15 is 0 Å². The van der Waals surface area contributed by atoms with Crippen LogP contribution in [0.5, 0.6) is 0 Å². The van der Waals surface area contributed by atoms with Crippen LogP contribution in [0.2, 0.25) is 0 Å². The van der Waals surface area contributed by atoms with Gasteiger partial charge in [-0.3, -0.25) is 19.2 Å². The van der Waals surface area contributed by atoms with E-state index in [-0.39, 0.29) is 49.7 Å². The predicted molar refractivity (Wildman–Crippen MR) is 167 cm³/mol. The predicted octanol–water partition coefficient (Wildman–Crippen LogP) is 3.77. The SMILES string of the molecule is Cc1cccc(Cc2nnc(C(=O)C(NC(=O)CN3C(=O)CN(Cc4ccccc4)C(=O)C3Cc3ccccc3)C(C)C)o2)c1. The van der Waals surface area contributed by atoms with Crippen LogP contribution < -0.4 is 5.32 Å². The highest BCUT2D eigenvalue weighted by atomic mass is 16.4. The van der Waals surface area contributed by atoms with E-state index in [9.17, 15) is 19.2 Å². The molecule has 4 aromatic rings. The summed E-state index contributed by atoms with van der Waals surface area (Å²) in [4.78, 5) is 56.9. The number of ketones is 1. The van der Waals surface area contributed by atoms with E-state index in [0.29, 0.717) is 12.3 Å². The molecule has 1 aliphatic heterocycles. The molecule has 1 fully saturated rings. The average Bonchev–Trinajstić information content (AvgIpc) is 3.49. The lowest BCUT2D eigenvalue weighted by molar-refractivity contribution is -0.157. The number of benzene rings is 3. The minimum Gasteiger partial charge on any atom is -0.418 e. The van der Waals surface area contributed by atoms with Crippen molar-refractivity contribution in [2.75, 3.05) is 13.1 Å². The van der Waals surface area contributed by atoms with Gasteiger partial charge in [0.1, 0.15) is 19.1 Å². The number of aryl methyl sites for hydroxylation is 1. The van der Waals surface area contributed by atoms with Crippen molar-refractivity contribution in [3.8, 4) is 0 Å². The third-order valence-electron chi connectivity index (χ3n) is 7.80. The first kappa shape index (κ1) is 31.3. The van der Waals surface area contributed by atoms with Gasteiger partial charge in [0.2, 0.25) is 29.4 Å². The van der Waals surface area contributed by atoms with Gasteiger partial charge in [-0.25, -0.2) is 0 Å². The Bertz CT molecular complexity index is 1650. The third-order valence-corrected chi connectivity index (χ3v) is 7.80. The molecule has 1 N–H and O–H groups in total. The molecule has 10 nitrogen and oxygen atoms in total. The Balaban J connectivity index is 1.29. The van der Waals surface area contributed by atoms with Crippen molar-refractivity contribution < 1.29 is 23.6 Å². The molecule has 232 valence electrons. The maximum atomic E-state index is 13.8. The van der Waals surface area contributed by atoms with Crippen LogP contribution in [0.4, 0.5) is 0 Å². The van der Waals surface area contributed by atoms with Crippen LogP contribution >= 0.6 is 0 Å². The summed E-state index contributed by atoms with van der Waals surface area (Å²) in [6, 6.07) is 24.9. The van der Waals surface area contributed by atoms with E-state index in [1.165, 1.54) is 9.80 Å². The lowest BCUT2D eigenvalue weighted by Crippen LogP contribution is -2.62. The van der Waals surface area contributed by atoms with E-state index in [0.717, 1.165) is 22.3 Å². The van der Waals surface area contributed by atoms with E-state index in [1.54, 1.807) is 13.8 Å². The smallest absolute Gasteiger partial charge is 0.286 e. The largest absolute Gasteiger partial charge is 0.418 e. The van der Waals surface area contributed by atoms with Crippen molar-refractivity contribution in [2.45, 2.75) is 52.2 Å². The molecular formula is C35H37N5O5. The second-order valence-corrected chi connectivity index (χ2v) is 11.7. The first-order chi connectivity index (χ1) is 21.7. The maximum Gasteiger partial charge on any atom is 0.286 e. The minimum absolute atomic E-state index is 0.148. The van der Waals surface area contributed by atoms with Gasteiger partial charge in [0.05, 0.1) is 12.5 Å². The summed E-state index contributed by atoms with van der Waals surface area (Å²) in [6.07, 6.45) is 0.623. The first-order valence-corrected chi connectivity index (χ1v) is 15.1. The van der Waals surface area contributed by atoms with Gasteiger partial charge in [0.15, 0.2) is 0 Å². The Labute approximate surface area is 262 Å². The molecule has 0 saturated carbocycles. The van der Waals surface area contributed by atoms with E-state index in [1.807, 2.05) is 91.9 Å². The number of nitrogens with zero attached hydrogens (tertiary/aromatic N) is 4. The van der Waals surface area contributed by atoms with Crippen molar-refractivity contribution in [2.24, 2.45) is 5.92 Å². The number of Topliss-reactive ketones (excluding diaryl/α,β-unsaturated/α-hetero) is 1. The number of amides is 3. The van der Waals surface area contributed by atoms with Crippen LogP contribution in [-0.4, -0.2) is 68.7 Å². The third kappa shape index (κ3) is 7.89. The lowest BCUT2D eigenvalue weighted by atomic mass is 9.99. The summed E-state index contributed by atoms with van der Waals surface area (Å²) in [5.74, 6) is -1.87. The van der Waals surface area contributed by atoms with E-state index in [4.69, 9.17) is 4.42 Å². The molecule has 45 heavy (non-hydrogen) atoms.